The lowest BCUT2D eigenvalue weighted by Gasteiger charge is -2.43. The van der Waals surface area contributed by atoms with Crippen molar-refractivity contribution in [1.82, 2.24) is 14.8 Å². The van der Waals surface area contributed by atoms with Crippen LogP contribution in [0.15, 0.2) is 6.08 Å². The first-order valence-corrected chi connectivity index (χ1v) is 13.9. The molecule has 2 saturated carbocycles. The zero-order valence-corrected chi connectivity index (χ0v) is 22.5. The van der Waals surface area contributed by atoms with E-state index in [1.165, 1.54) is 0 Å². The average molecular weight is 506 g/mol. The van der Waals surface area contributed by atoms with Gasteiger partial charge in [-0.15, -0.1) is 0 Å². The van der Waals surface area contributed by atoms with Crippen LogP contribution < -0.4 is 4.90 Å². The van der Waals surface area contributed by atoms with Gasteiger partial charge >= 0.3 is 0 Å². The van der Waals surface area contributed by atoms with Crippen LogP contribution in [0.3, 0.4) is 0 Å². The maximum Gasteiger partial charge on any atom is 0.225 e. The molecule has 4 aliphatic rings. The first-order valence-electron chi connectivity index (χ1n) is 13.9. The highest BCUT2D eigenvalue weighted by atomic mass is 16.5. The number of nitriles is 1. The van der Waals surface area contributed by atoms with Gasteiger partial charge in [0, 0.05) is 57.7 Å². The minimum Gasteiger partial charge on any atom is -0.384 e. The predicted octanol–water partition coefficient (Wildman–Crippen LogP) is 3.63. The molecule has 1 atom stereocenters. The molecular weight excluding hydrogens is 466 g/mol. The largest absolute Gasteiger partial charge is 0.384 e. The third-order valence-corrected chi connectivity index (χ3v) is 8.38. The van der Waals surface area contributed by atoms with Crippen LogP contribution in [0.5, 0.6) is 0 Å². The maximum absolute atomic E-state index is 12.9. The number of amides is 2. The number of ether oxygens (including phenoxy) is 1. The van der Waals surface area contributed by atoms with Gasteiger partial charge in [-0.3, -0.25) is 9.59 Å². The summed E-state index contributed by atoms with van der Waals surface area (Å²) in [6.45, 7) is 7.78. The summed E-state index contributed by atoms with van der Waals surface area (Å²) in [6.07, 6.45) is 8.51. The average Bonchev–Trinajstić information content (AvgIpc) is 3.84. The Kier molecular flexibility index (Phi) is 7.52. The Morgan fingerprint density at radius 2 is 1.95 bits per heavy atom. The van der Waals surface area contributed by atoms with Crippen LogP contribution in [0, 0.1) is 24.2 Å². The molecule has 0 spiro atoms. The first kappa shape index (κ1) is 25.7. The van der Waals surface area contributed by atoms with Gasteiger partial charge in [0.25, 0.3) is 0 Å². The summed E-state index contributed by atoms with van der Waals surface area (Å²) in [5.41, 5.74) is 4.92. The van der Waals surface area contributed by atoms with E-state index in [0.29, 0.717) is 56.5 Å². The first-order chi connectivity index (χ1) is 18.0. The number of nitrogens with zero attached hydrogens (tertiary/aromatic N) is 5. The van der Waals surface area contributed by atoms with Gasteiger partial charge in [0.05, 0.1) is 30.3 Å². The van der Waals surface area contributed by atoms with Crippen LogP contribution in [-0.2, 0) is 14.3 Å². The van der Waals surface area contributed by atoms with Crippen molar-refractivity contribution in [3.8, 4) is 6.07 Å². The minimum atomic E-state index is 0.158. The molecule has 1 aromatic rings. The van der Waals surface area contributed by atoms with E-state index >= 15 is 0 Å². The molecular formula is C29H39N5O3. The van der Waals surface area contributed by atoms with Gasteiger partial charge in [-0.1, -0.05) is 13.0 Å². The molecule has 1 saturated heterocycles. The van der Waals surface area contributed by atoms with Crippen molar-refractivity contribution in [2.24, 2.45) is 5.92 Å². The van der Waals surface area contributed by atoms with Crippen molar-refractivity contribution in [3.63, 3.8) is 0 Å². The Bertz CT molecular complexity index is 1130. The molecule has 0 radical (unpaired) electrons. The van der Waals surface area contributed by atoms with E-state index in [2.05, 4.69) is 28.9 Å². The number of anilines is 1. The van der Waals surface area contributed by atoms with E-state index in [0.717, 1.165) is 73.4 Å². The molecule has 0 unspecified atom stereocenters. The van der Waals surface area contributed by atoms with Crippen molar-refractivity contribution in [2.45, 2.75) is 70.8 Å². The van der Waals surface area contributed by atoms with E-state index in [-0.39, 0.29) is 17.9 Å². The number of pyridine rings is 1. The summed E-state index contributed by atoms with van der Waals surface area (Å²) < 4.78 is 5.15. The summed E-state index contributed by atoms with van der Waals surface area (Å²) in [5.74, 6) is 2.04. The molecule has 8 nitrogen and oxygen atoms in total. The fourth-order valence-electron chi connectivity index (χ4n) is 6.02. The number of piperazine rings is 1. The van der Waals surface area contributed by atoms with Gasteiger partial charge < -0.3 is 19.4 Å². The quantitative estimate of drug-likeness (QED) is 0.536. The molecule has 2 aliphatic heterocycles. The Hall–Kier alpha value is -2.92. The lowest BCUT2D eigenvalue weighted by molar-refractivity contribution is -0.135. The Morgan fingerprint density at radius 1 is 1.16 bits per heavy atom. The zero-order chi connectivity index (χ0) is 26.1. The SMILES string of the molecule is CCC(=O)N1CCC=C(c2c(C3CC3)nc(N3CCN(C(=O)CCOC)[C@H](C4CC4)C3)c(C#N)c2C)C1. The van der Waals surface area contributed by atoms with E-state index in [9.17, 15) is 14.9 Å². The fraction of sp³-hybridized carbons (Fsp3) is 0.655. The predicted molar refractivity (Wildman–Crippen MR) is 142 cm³/mol. The minimum absolute atomic E-state index is 0.158. The van der Waals surface area contributed by atoms with Crippen LogP contribution in [0.1, 0.15) is 80.2 Å². The fourth-order valence-corrected chi connectivity index (χ4v) is 6.02. The number of hydrogen-bond acceptors (Lipinski definition) is 6. The molecule has 198 valence electrons. The number of rotatable bonds is 8. The number of carbonyl (C=O) groups is 2. The molecule has 37 heavy (non-hydrogen) atoms. The molecule has 0 aromatic carbocycles. The smallest absolute Gasteiger partial charge is 0.225 e. The Morgan fingerprint density at radius 3 is 2.59 bits per heavy atom. The molecule has 8 heteroatoms. The second-order valence-corrected chi connectivity index (χ2v) is 10.9. The van der Waals surface area contributed by atoms with Crippen LogP contribution in [0.25, 0.3) is 5.57 Å². The van der Waals surface area contributed by atoms with Gasteiger partial charge in [0.1, 0.15) is 11.9 Å². The summed E-state index contributed by atoms with van der Waals surface area (Å²) in [7, 11) is 1.63. The second-order valence-electron chi connectivity index (χ2n) is 10.9. The highest BCUT2D eigenvalue weighted by Gasteiger charge is 2.42. The zero-order valence-electron chi connectivity index (χ0n) is 22.5. The van der Waals surface area contributed by atoms with E-state index < -0.39 is 0 Å². The van der Waals surface area contributed by atoms with Gasteiger partial charge in [0.2, 0.25) is 11.8 Å². The van der Waals surface area contributed by atoms with Crippen LogP contribution in [0.2, 0.25) is 0 Å². The third kappa shape index (κ3) is 5.24. The molecule has 5 rings (SSSR count). The van der Waals surface area contributed by atoms with Crippen LogP contribution in [0.4, 0.5) is 5.82 Å². The topological polar surface area (TPSA) is 89.8 Å². The molecule has 3 fully saturated rings. The lowest BCUT2D eigenvalue weighted by atomic mass is 9.90. The highest BCUT2D eigenvalue weighted by Crippen LogP contribution is 2.46. The van der Waals surface area contributed by atoms with Crippen molar-refractivity contribution in [1.29, 1.82) is 5.26 Å². The van der Waals surface area contributed by atoms with E-state index in [1.54, 1.807) is 7.11 Å². The monoisotopic (exact) mass is 505 g/mol. The van der Waals surface area contributed by atoms with Crippen molar-refractivity contribution in [3.05, 3.63) is 28.5 Å². The summed E-state index contributed by atoms with van der Waals surface area (Å²) in [4.78, 5) is 36.8. The van der Waals surface area contributed by atoms with Crippen molar-refractivity contribution >= 4 is 23.2 Å². The molecule has 3 heterocycles. The molecule has 1 aromatic heterocycles. The lowest BCUT2D eigenvalue weighted by Crippen LogP contribution is -2.56. The van der Waals surface area contributed by atoms with Crippen LogP contribution >= 0.6 is 0 Å². The number of carbonyl (C=O) groups excluding carboxylic acids is 2. The molecule has 2 aliphatic carbocycles. The second kappa shape index (κ2) is 10.8. The third-order valence-electron chi connectivity index (χ3n) is 8.38. The van der Waals surface area contributed by atoms with E-state index in [1.807, 2.05) is 11.8 Å². The normalized spacial score (nSPS) is 22.1. The number of aromatic nitrogens is 1. The number of methoxy groups -OCH3 is 1. The van der Waals surface area contributed by atoms with Gasteiger partial charge in [-0.2, -0.15) is 5.26 Å². The van der Waals surface area contributed by atoms with E-state index in [4.69, 9.17) is 9.72 Å². The highest BCUT2D eigenvalue weighted by molar-refractivity contribution is 5.83. The van der Waals surface area contributed by atoms with Gasteiger partial charge in [-0.25, -0.2) is 4.98 Å². The maximum atomic E-state index is 12.9. The summed E-state index contributed by atoms with van der Waals surface area (Å²) >= 11 is 0. The molecule has 2 amide bonds. The Labute approximate surface area is 220 Å². The van der Waals surface area contributed by atoms with Gasteiger partial charge in [-0.05, 0) is 56.1 Å². The standard InChI is InChI=1S/C29H39N5O3/c1-4-25(35)32-12-5-6-22(17-32)27-19(2)23(16-30)29(31-28(27)21-9-10-21)33-13-14-34(26(36)11-15-37-3)24(18-33)20-7-8-20/h6,20-21,24H,4-5,7-15,17-18H2,1-3H3/t24-/m0/s1. The number of hydrogen-bond donors (Lipinski definition) is 0. The molecule has 0 bridgehead atoms. The Balaban J connectivity index is 1.47. The van der Waals surface area contributed by atoms with Crippen molar-refractivity contribution < 1.29 is 14.3 Å². The van der Waals surface area contributed by atoms with Crippen molar-refractivity contribution in [2.75, 3.05) is 51.3 Å². The van der Waals surface area contributed by atoms with Crippen LogP contribution in [-0.4, -0.2) is 79.1 Å². The van der Waals surface area contributed by atoms with Gasteiger partial charge in [0.15, 0.2) is 0 Å². The summed E-state index contributed by atoms with van der Waals surface area (Å²) in [6, 6.07) is 2.64. The molecule has 0 N–H and O–H groups in total. The summed E-state index contributed by atoms with van der Waals surface area (Å²) in [5, 5.41) is 10.3.